The van der Waals surface area contributed by atoms with E-state index >= 15 is 0 Å². The predicted octanol–water partition coefficient (Wildman–Crippen LogP) is 3.77. The normalized spacial score (nSPS) is 10.9. The summed E-state index contributed by atoms with van der Waals surface area (Å²) in [4.78, 5) is 46.6. The van der Waals surface area contributed by atoms with Gasteiger partial charge in [0.2, 0.25) is 5.91 Å². The predicted molar refractivity (Wildman–Crippen MR) is 119 cm³/mol. The Balaban J connectivity index is 1.90. The zero-order chi connectivity index (χ0) is 23.7. The monoisotopic (exact) mass is 447 g/mol. The van der Waals surface area contributed by atoms with Gasteiger partial charge in [0.25, 0.3) is 0 Å². The summed E-state index contributed by atoms with van der Waals surface area (Å²) in [6.07, 6.45) is -0.605. The molecule has 4 rings (SSSR count). The number of amides is 1. The van der Waals surface area contributed by atoms with E-state index in [1.54, 1.807) is 6.07 Å². The molecule has 0 saturated carbocycles. The van der Waals surface area contributed by atoms with E-state index in [-0.39, 0.29) is 46.6 Å². The maximum atomic E-state index is 12.1. The molecule has 9 heteroatoms. The number of benzene rings is 3. The molecule has 0 radical (unpaired) electrons. The molecule has 0 atom stereocenters. The Hall–Kier alpha value is -4.66. The first kappa shape index (κ1) is 21.6. The number of carboxylic acids is 2. The second-order valence-electron chi connectivity index (χ2n) is 7.32. The fraction of sp³-hybridized carbons (Fsp3) is 0.0833. The maximum Gasteiger partial charge on any atom is 0.336 e. The SMILES string of the molecule is O=C(O)CCC(=O)Nc1ccc(-c2c3ccc(=O)cc-3oc3cc(O)ccc23)c(C(=O)O)c1. The lowest BCUT2D eigenvalue weighted by atomic mass is 9.90. The Morgan fingerprint density at radius 2 is 1.64 bits per heavy atom. The van der Waals surface area contributed by atoms with Crippen LogP contribution in [0.2, 0.25) is 0 Å². The Morgan fingerprint density at radius 1 is 0.879 bits per heavy atom. The minimum absolute atomic E-state index is 0.0623. The van der Waals surface area contributed by atoms with E-state index in [0.29, 0.717) is 22.1 Å². The second kappa shape index (κ2) is 8.46. The average Bonchev–Trinajstić information content (AvgIpc) is 2.76. The van der Waals surface area contributed by atoms with Crippen molar-refractivity contribution >= 4 is 34.5 Å². The van der Waals surface area contributed by atoms with Crippen LogP contribution in [0.5, 0.6) is 5.75 Å². The van der Waals surface area contributed by atoms with Crippen molar-refractivity contribution in [1.82, 2.24) is 0 Å². The van der Waals surface area contributed by atoms with Gasteiger partial charge < -0.3 is 25.1 Å². The van der Waals surface area contributed by atoms with Gasteiger partial charge in [0.15, 0.2) is 5.43 Å². The first-order valence-corrected chi connectivity index (χ1v) is 9.82. The third kappa shape index (κ3) is 4.38. The smallest absolute Gasteiger partial charge is 0.336 e. The van der Waals surface area contributed by atoms with Crippen molar-refractivity contribution in [3.8, 4) is 28.2 Å². The van der Waals surface area contributed by atoms with E-state index < -0.39 is 17.8 Å². The lowest BCUT2D eigenvalue weighted by Crippen LogP contribution is -2.14. The summed E-state index contributed by atoms with van der Waals surface area (Å²) in [6, 6.07) is 12.8. The zero-order valence-corrected chi connectivity index (χ0v) is 17.0. The van der Waals surface area contributed by atoms with Gasteiger partial charge in [-0.3, -0.25) is 14.4 Å². The second-order valence-corrected chi connectivity index (χ2v) is 7.32. The molecule has 1 amide bonds. The van der Waals surface area contributed by atoms with Crippen LogP contribution in [0.3, 0.4) is 0 Å². The van der Waals surface area contributed by atoms with Gasteiger partial charge in [0.05, 0.1) is 12.0 Å². The van der Waals surface area contributed by atoms with E-state index in [0.717, 1.165) is 0 Å². The van der Waals surface area contributed by atoms with Crippen LogP contribution in [0, 0.1) is 0 Å². The number of carbonyl (C=O) groups is 3. The number of aromatic carboxylic acids is 1. The summed E-state index contributed by atoms with van der Waals surface area (Å²) in [5, 5.41) is 31.5. The number of fused-ring (bicyclic) bond motifs is 2. The van der Waals surface area contributed by atoms with Crippen LogP contribution < -0.4 is 10.7 Å². The maximum absolute atomic E-state index is 12.1. The summed E-state index contributed by atoms with van der Waals surface area (Å²) in [5.74, 6) is -2.78. The van der Waals surface area contributed by atoms with Gasteiger partial charge in [-0.2, -0.15) is 0 Å². The van der Waals surface area contributed by atoms with Gasteiger partial charge in [0.1, 0.15) is 17.1 Å². The van der Waals surface area contributed by atoms with Crippen LogP contribution in [0.4, 0.5) is 5.69 Å². The fourth-order valence-corrected chi connectivity index (χ4v) is 3.61. The van der Waals surface area contributed by atoms with Gasteiger partial charge >= 0.3 is 11.9 Å². The number of phenols is 1. The van der Waals surface area contributed by atoms with Crippen molar-refractivity contribution < 1.29 is 34.1 Å². The largest absolute Gasteiger partial charge is 0.508 e. The van der Waals surface area contributed by atoms with Gasteiger partial charge in [-0.15, -0.1) is 0 Å². The van der Waals surface area contributed by atoms with E-state index in [1.165, 1.54) is 48.5 Å². The van der Waals surface area contributed by atoms with Crippen LogP contribution in [-0.2, 0) is 9.59 Å². The molecule has 1 heterocycles. The van der Waals surface area contributed by atoms with Crippen molar-refractivity contribution in [2.24, 2.45) is 0 Å². The molecule has 166 valence electrons. The number of aliphatic carboxylic acids is 1. The van der Waals surface area contributed by atoms with Crippen molar-refractivity contribution in [2.75, 3.05) is 5.32 Å². The van der Waals surface area contributed by atoms with Crippen molar-refractivity contribution in [2.45, 2.75) is 12.8 Å². The third-order valence-electron chi connectivity index (χ3n) is 5.05. The minimum atomic E-state index is -1.26. The number of carbonyl (C=O) groups excluding carboxylic acids is 1. The number of carboxylic acid groups (broad SMARTS) is 2. The topological polar surface area (TPSA) is 154 Å². The summed E-state index contributed by atoms with van der Waals surface area (Å²) >= 11 is 0. The highest BCUT2D eigenvalue weighted by Crippen LogP contribution is 2.42. The van der Waals surface area contributed by atoms with Crippen molar-refractivity contribution in [3.63, 3.8) is 0 Å². The molecule has 1 aliphatic carbocycles. The minimum Gasteiger partial charge on any atom is -0.508 e. The molecule has 0 spiro atoms. The standard InChI is InChI=1S/C24H17NO8/c26-13-2-5-16-19(10-13)33-20-11-14(27)3-6-17(20)23(16)15-4-1-12(9-18(15)24(31)32)25-21(28)7-8-22(29)30/h1-6,9-11,26H,7-8H2,(H,25,28)(H,29,30)(H,31,32). The number of anilines is 1. The molecular formula is C24H17NO8. The van der Waals surface area contributed by atoms with E-state index in [1.807, 2.05) is 0 Å². The van der Waals surface area contributed by atoms with E-state index in [9.17, 15) is 29.4 Å². The fourth-order valence-electron chi connectivity index (χ4n) is 3.61. The molecular weight excluding hydrogens is 430 g/mol. The lowest BCUT2D eigenvalue weighted by molar-refractivity contribution is -0.138. The molecule has 4 N–H and O–H groups in total. The molecule has 0 bridgehead atoms. The molecule has 2 aromatic carbocycles. The number of aromatic hydroxyl groups is 1. The van der Waals surface area contributed by atoms with Crippen LogP contribution in [0.15, 0.2) is 63.8 Å². The van der Waals surface area contributed by atoms with Gasteiger partial charge in [-0.05, 0) is 42.0 Å². The average molecular weight is 447 g/mol. The van der Waals surface area contributed by atoms with Gasteiger partial charge in [-0.25, -0.2) is 4.79 Å². The van der Waals surface area contributed by atoms with E-state index in [2.05, 4.69) is 5.32 Å². The molecule has 0 aromatic heterocycles. The Bertz CT molecular complexity index is 1450. The van der Waals surface area contributed by atoms with E-state index in [4.69, 9.17) is 9.52 Å². The Kier molecular flexibility index (Phi) is 5.53. The summed E-state index contributed by atoms with van der Waals surface area (Å²) < 4.78 is 5.78. The highest BCUT2D eigenvalue weighted by molar-refractivity contribution is 6.08. The van der Waals surface area contributed by atoms with Crippen molar-refractivity contribution in [1.29, 1.82) is 0 Å². The molecule has 33 heavy (non-hydrogen) atoms. The molecule has 2 aliphatic rings. The quantitative estimate of drug-likeness (QED) is 0.326. The number of hydrogen-bond acceptors (Lipinski definition) is 6. The van der Waals surface area contributed by atoms with Crippen LogP contribution in [0.25, 0.3) is 33.4 Å². The number of hydrogen-bond donors (Lipinski definition) is 4. The van der Waals surface area contributed by atoms with Crippen LogP contribution >= 0.6 is 0 Å². The molecule has 9 nitrogen and oxygen atoms in total. The molecule has 2 aromatic rings. The van der Waals surface area contributed by atoms with Crippen LogP contribution in [0.1, 0.15) is 23.2 Å². The first-order chi connectivity index (χ1) is 15.7. The third-order valence-corrected chi connectivity index (χ3v) is 5.05. The molecule has 0 fully saturated rings. The highest BCUT2D eigenvalue weighted by Gasteiger charge is 2.22. The Labute approximate surface area is 185 Å². The summed E-state index contributed by atoms with van der Waals surface area (Å²) in [7, 11) is 0. The number of phenolic OH excluding ortho intramolecular Hbond substituents is 1. The summed E-state index contributed by atoms with van der Waals surface area (Å²) in [5.41, 5.74) is 1.31. The first-order valence-electron chi connectivity index (χ1n) is 9.82. The molecule has 0 saturated heterocycles. The number of rotatable bonds is 6. The molecule has 0 unspecified atom stereocenters. The van der Waals surface area contributed by atoms with Crippen LogP contribution in [-0.4, -0.2) is 33.2 Å². The lowest BCUT2D eigenvalue weighted by Gasteiger charge is -2.17. The number of nitrogens with one attached hydrogen (secondary N) is 1. The Morgan fingerprint density at radius 3 is 2.36 bits per heavy atom. The van der Waals surface area contributed by atoms with Gasteiger partial charge in [0, 0.05) is 40.8 Å². The summed E-state index contributed by atoms with van der Waals surface area (Å²) in [6.45, 7) is 0. The molecule has 1 aliphatic heterocycles. The van der Waals surface area contributed by atoms with Crippen molar-refractivity contribution in [3.05, 3.63) is 70.4 Å². The highest BCUT2D eigenvalue weighted by atomic mass is 16.4. The van der Waals surface area contributed by atoms with Gasteiger partial charge in [-0.1, -0.05) is 6.07 Å². The zero-order valence-electron chi connectivity index (χ0n) is 17.0.